The smallest absolute Gasteiger partial charge is 0.459 e. The lowest BCUT2D eigenvalue weighted by Gasteiger charge is -2.31. The number of alkyl halides is 7. The summed E-state index contributed by atoms with van der Waals surface area (Å²) in [5, 5.41) is 0. The van der Waals surface area contributed by atoms with Crippen molar-refractivity contribution in [2.75, 3.05) is 6.61 Å². The molecule has 18 heavy (non-hydrogen) atoms. The number of esters is 1. The first kappa shape index (κ1) is 16.9. The third-order valence-electron chi connectivity index (χ3n) is 1.93. The van der Waals surface area contributed by atoms with E-state index in [1.807, 2.05) is 0 Å². The Bertz CT molecular complexity index is 302. The molecule has 0 aromatic rings. The average molecular weight is 285 g/mol. The van der Waals surface area contributed by atoms with Gasteiger partial charge in [-0.05, 0) is 6.92 Å². The Morgan fingerprint density at radius 3 is 1.94 bits per heavy atom. The fraction of sp³-hybridized carbons (Fsp3) is 0.875. The first-order chi connectivity index (χ1) is 7.88. The zero-order chi connectivity index (χ0) is 14.8. The van der Waals surface area contributed by atoms with Gasteiger partial charge >= 0.3 is 24.0 Å². The number of hydrogen-bond donors (Lipinski definition) is 1. The number of ether oxygens (including phenoxy) is 1. The van der Waals surface area contributed by atoms with Crippen LogP contribution < -0.4 is 5.73 Å². The highest BCUT2D eigenvalue weighted by Crippen LogP contribution is 2.48. The summed E-state index contributed by atoms with van der Waals surface area (Å²) < 4.78 is 90.2. The molecule has 0 aliphatic carbocycles. The van der Waals surface area contributed by atoms with Crippen molar-refractivity contribution in [1.29, 1.82) is 0 Å². The molecule has 0 bridgehead atoms. The highest BCUT2D eigenvalue weighted by atomic mass is 19.4. The fourth-order valence-electron chi connectivity index (χ4n) is 0.949. The van der Waals surface area contributed by atoms with E-state index in [4.69, 9.17) is 0 Å². The molecule has 1 unspecified atom stereocenters. The Hall–Kier alpha value is -1.06. The lowest BCUT2D eigenvalue weighted by Crippen LogP contribution is -2.60. The van der Waals surface area contributed by atoms with Crippen molar-refractivity contribution in [3.05, 3.63) is 0 Å². The van der Waals surface area contributed by atoms with Gasteiger partial charge in [0.1, 0.15) is 0 Å². The Balaban J connectivity index is 4.97. The van der Waals surface area contributed by atoms with Gasteiger partial charge in [0.2, 0.25) is 0 Å². The van der Waals surface area contributed by atoms with Crippen molar-refractivity contribution in [2.45, 2.75) is 37.4 Å². The van der Waals surface area contributed by atoms with E-state index in [0.717, 1.165) is 0 Å². The predicted octanol–water partition coefficient (Wildman–Crippen LogP) is 2.10. The predicted molar refractivity (Wildman–Crippen MR) is 45.2 cm³/mol. The van der Waals surface area contributed by atoms with Crippen LogP contribution in [0, 0.1) is 0 Å². The molecule has 0 saturated heterocycles. The first-order valence-electron chi connectivity index (χ1n) is 4.61. The van der Waals surface area contributed by atoms with Crippen LogP contribution in [0.4, 0.5) is 30.7 Å². The fourth-order valence-corrected chi connectivity index (χ4v) is 0.949. The largest absolute Gasteiger partial charge is 0.466 e. The molecular formula is C8H10F7NO2. The van der Waals surface area contributed by atoms with E-state index in [-0.39, 0.29) is 6.61 Å². The van der Waals surface area contributed by atoms with Gasteiger partial charge in [-0.1, -0.05) is 0 Å². The van der Waals surface area contributed by atoms with E-state index in [2.05, 4.69) is 10.5 Å². The van der Waals surface area contributed by atoms with Crippen LogP contribution >= 0.6 is 0 Å². The van der Waals surface area contributed by atoms with Gasteiger partial charge in [0.05, 0.1) is 19.1 Å². The van der Waals surface area contributed by atoms with Crippen molar-refractivity contribution in [2.24, 2.45) is 5.73 Å². The summed E-state index contributed by atoms with van der Waals surface area (Å²) in [4.78, 5) is 10.7. The van der Waals surface area contributed by atoms with Gasteiger partial charge in [0, 0.05) is 0 Å². The van der Waals surface area contributed by atoms with E-state index in [1.54, 1.807) is 0 Å². The van der Waals surface area contributed by atoms with Gasteiger partial charge in [0.25, 0.3) is 0 Å². The maximum atomic E-state index is 12.9. The molecular weight excluding hydrogens is 275 g/mol. The molecule has 0 fully saturated rings. The van der Waals surface area contributed by atoms with Gasteiger partial charge in [-0.15, -0.1) is 0 Å². The lowest BCUT2D eigenvalue weighted by molar-refractivity contribution is -0.358. The van der Waals surface area contributed by atoms with Crippen LogP contribution in [0.2, 0.25) is 0 Å². The van der Waals surface area contributed by atoms with Gasteiger partial charge in [-0.2, -0.15) is 30.7 Å². The maximum Gasteiger partial charge on any atom is 0.459 e. The number of carbonyl (C=O) groups excluding carboxylic acids is 1. The highest BCUT2D eigenvalue weighted by molar-refractivity contribution is 5.70. The average Bonchev–Trinajstić information content (AvgIpc) is 2.15. The minimum absolute atomic E-state index is 0.243. The summed E-state index contributed by atoms with van der Waals surface area (Å²) in [5.41, 5.74) is 4.53. The van der Waals surface area contributed by atoms with Crippen LogP contribution in [0.15, 0.2) is 0 Å². The van der Waals surface area contributed by atoms with Crippen LogP contribution in [0.3, 0.4) is 0 Å². The topological polar surface area (TPSA) is 52.3 Å². The van der Waals surface area contributed by atoms with Crippen molar-refractivity contribution in [3.8, 4) is 0 Å². The Morgan fingerprint density at radius 2 is 1.61 bits per heavy atom. The molecule has 0 aromatic heterocycles. The van der Waals surface area contributed by atoms with Crippen molar-refractivity contribution in [1.82, 2.24) is 0 Å². The Labute approximate surface area is 97.1 Å². The molecule has 2 N–H and O–H groups in total. The highest BCUT2D eigenvalue weighted by Gasteiger charge is 2.74. The monoisotopic (exact) mass is 285 g/mol. The van der Waals surface area contributed by atoms with Crippen molar-refractivity contribution < 1.29 is 40.3 Å². The van der Waals surface area contributed by atoms with Gasteiger partial charge in [-0.3, -0.25) is 4.79 Å². The number of rotatable bonds is 5. The van der Waals surface area contributed by atoms with E-state index < -0.39 is 36.5 Å². The first-order valence-corrected chi connectivity index (χ1v) is 4.61. The van der Waals surface area contributed by atoms with E-state index in [0.29, 0.717) is 0 Å². The minimum atomic E-state index is -6.47. The quantitative estimate of drug-likeness (QED) is 0.621. The molecule has 0 aromatic carbocycles. The second-order valence-electron chi connectivity index (χ2n) is 3.31. The minimum Gasteiger partial charge on any atom is -0.466 e. The molecule has 0 amide bonds. The molecule has 1 atom stereocenters. The van der Waals surface area contributed by atoms with E-state index in [1.165, 1.54) is 6.92 Å². The third-order valence-corrected chi connectivity index (χ3v) is 1.93. The molecule has 0 radical (unpaired) electrons. The summed E-state index contributed by atoms with van der Waals surface area (Å²) in [6, 6.07) is -3.01. The van der Waals surface area contributed by atoms with Crippen LogP contribution in [0.25, 0.3) is 0 Å². The van der Waals surface area contributed by atoms with Gasteiger partial charge in [-0.25, -0.2) is 0 Å². The van der Waals surface area contributed by atoms with E-state index >= 15 is 0 Å². The zero-order valence-corrected chi connectivity index (χ0v) is 9.03. The maximum absolute atomic E-state index is 12.9. The van der Waals surface area contributed by atoms with Crippen LogP contribution in [-0.2, 0) is 9.53 Å². The van der Waals surface area contributed by atoms with E-state index in [9.17, 15) is 35.5 Å². The Morgan fingerprint density at radius 1 is 1.17 bits per heavy atom. The van der Waals surface area contributed by atoms with Gasteiger partial charge in [0.15, 0.2) is 0 Å². The van der Waals surface area contributed by atoms with Crippen molar-refractivity contribution in [3.63, 3.8) is 0 Å². The summed E-state index contributed by atoms with van der Waals surface area (Å²) in [6.45, 7) is 1.05. The molecule has 0 spiro atoms. The van der Waals surface area contributed by atoms with Crippen molar-refractivity contribution >= 4 is 5.97 Å². The number of hydrogen-bond acceptors (Lipinski definition) is 3. The molecule has 0 aliphatic rings. The number of halogens is 7. The SMILES string of the molecule is CCOC(=O)CC(N)C(F)(F)C(F)(F)C(F)(F)F. The van der Waals surface area contributed by atoms with Crippen LogP contribution in [-0.4, -0.2) is 36.6 Å². The van der Waals surface area contributed by atoms with Gasteiger partial charge < -0.3 is 10.5 Å². The second kappa shape index (κ2) is 5.29. The summed E-state index contributed by atoms with van der Waals surface area (Å²) in [5.74, 6) is -13.3. The summed E-state index contributed by atoms with van der Waals surface area (Å²) in [7, 11) is 0. The zero-order valence-electron chi connectivity index (χ0n) is 9.03. The molecule has 0 heterocycles. The normalized spacial score (nSPS) is 15.4. The molecule has 0 rings (SSSR count). The molecule has 0 saturated carbocycles. The number of nitrogens with two attached hydrogens (primary N) is 1. The summed E-state index contributed by atoms with van der Waals surface area (Å²) in [6.07, 6.45) is -7.92. The Kier molecular flexibility index (Phi) is 4.98. The second-order valence-corrected chi connectivity index (χ2v) is 3.31. The third kappa shape index (κ3) is 3.24. The standard InChI is InChI=1S/C8H10F7NO2/c1-2-18-5(17)3-4(16)6(9,10)7(11,12)8(13,14)15/h4H,2-3,16H2,1H3. The van der Waals surface area contributed by atoms with Crippen LogP contribution in [0.5, 0.6) is 0 Å². The van der Waals surface area contributed by atoms with Crippen LogP contribution in [0.1, 0.15) is 13.3 Å². The molecule has 3 nitrogen and oxygen atoms in total. The lowest BCUT2D eigenvalue weighted by atomic mass is 10.0. The molecule has 108 valence electrons. The summed E-state index contributed by atoms with van der Waals surface area (Å²) >= 11 is 0. The number of carbonyl (C=O) groups is 1. The molecule has 0 aliphatic heterocycles. The molecule has 10 heteroatoms.